The van der Waals surface area contributed by atoms with Gasteiger partial charge >= 0.3 is 0 Å². The van der Waals surface area contributed by atoms with E-state index in [4.69, 9.17) is 0 Å². The topological polar surface area (TPSA) is 29.0 Å². The van der Waals surface area contributed by atoms with Crippen LogP contribution in [0, 0.1) is 5.41 Å². The van der Waals surface area contributed by atoms with Crippen LogP contribution >= 0.6 is 0 Å². The molecule has 0 unspecified atom stereocenters. The van der Waals surface area contributed by atoms with E-state index in [2.05, 4.69) is 14.9 Å². The van der Waals surface area contributed by atoms with Crippen molar-refractivity contribution in [1.29, 1.82) is 0 Å². The summed E-state index contributed by atoms with van der Waals surface area (Å²) in [6.07, 6.45) is 7.80. The molecule has 3 rings (SSSR count). The summed E-state index contributed by atoms with van der Waals surface area (Å²) in [5.41, 5.74) is 0.666. The second-order valence-corrected chi connectivity index (χ2v) is 4.22. The Bertz CT molecular complexity index is 305. The minimum atomic E-state index is 0.666. The Balaban J connectivity index is 1.80. The molecule has 1 spiro atoms. The molecule has 0 N–H and O–H groups in total. The van der Waals surface area contributed by atoms with E-state index in [1.54, 1.807) is 0 Å². The summed E-state index contributed by atoms with van der Waals surface area (Å²) in [6, 6.07) is 1.87. The van der Waals surface area contributed by atoms with Gasteiger partial charge in [-0.1, -0.05) is 0 Å². The molecule has 0 bridgehead atoms. The first-order valence-electron chi connectivity index (χ1n) is 4.90. The van der Waals surface area contributed by atoms with Crippen molar-refractivity contribution in [2.45, 2.75) is 19.3 Å². The van der Waals surface area contributed by atoms with Gasteiger partial charge in [0.05, 0.1) is 0 Å². The highest BCUT2D eigenvalue weighted by Gasteiger charge is 2.48. The maximum atomic E-state index is 4.27. The molecule has 1 aromatic heterocycles. The van der Waals surface area contributed by atoms with Crippen LogP contribution in [0.3, 0.4) is 0 Å². The Kier molecular flexibility index (Phi) is 1.37. The average Bonchev–Trinajstić information content (AvgIpc) is 2.78. The Morgan fingerprint density at radius 2 is 1.92 bits per heavy atom. The molecule has 1 aromatic rings. The highest BCUT2D eigenvalue weighted by molar-refractivity contribution is 5.33. The van der Waals surface area contributed by atoms with Crippen LogP contribution in [0.1, 0.15) is 19.3 Å². The highest BCUT2D eigenvalue weighted by atomic mass is 15.3. The fourth-order valence-electron chi connectivity index (χ4n) is 2.15. The number of anilines is 1. The van der Waals surface area contributed by atoms with Crippen LogP contribution in [-0.2, 0) is 0 Å². The molecule has 0 radical (unpaired) electrons. The van der Waals surface area contributed by atoms with E-state index in [-0.39, 0.29) is 0 Å². The number of aromatic nitrogens is 2. The highest BCUT2D eigenvalue weighted by Crippen LogP contribution is 2.52. The summed E-state index contributed by atoms with van der Waals surface area (Å²) < 4.78 is 0. The van der Waals surface area contributed by atoms with Gasteiger partial charge in [-0.25, -0.2) is 9.97 Å². The molecule has 68 valence electrons. The molecular formula is C10H13N3. The third-order valence-electron chi connectivity index (χ3n) is 3.23. The lowest BCUT2D eigenvalue weighted by atomic mass is 10.1. The van der Waals surface area contributed by atoms with Crippen molar-refractivity contribution in [1.82, 2.24) is 9.97 Å². The smallest absolute Gasteiger partial charge is 0.225 e. The molecule has 2 heterocycles. The standard InChI is InChI=1S/C10H13N3/c1-5-11-9(12-6-1)13-7-4-10(8-13)2-3-10/h1,5-6H,2-4,7-8H2. The monoisotopic (exact) mass is 175 g/mol. The second kappa shape index (κ2) is 2.44. The molecule has 13 heavy (non-hydrogen) atoms. The summed E-state index contributed by atoms with van der Waals surface area (Å²) in [5, 5.41) is 0. The predicted octanol–water partition coefficient (Wildman–Crippen LogP) is 1.47. The lowest BCUT2D eigenvalue weighted by Gasteiger charge is -2.14. The summed E-state index contributed by atoms with van der Waals surface area (Å²) in [6.45, 7) is 2.32. The first-order valence-corrected chi connectivity index (χ1v) is 4.90. The van der Waals surface area contributed by atoms with E-state index >= 15 is 0 Å². The van der Waals surface area contributed by atoms with Crippen LogP contribution < -0.4 is 4.90 Å². The van der Waals surface area contributed by atoms with E-state index in [0.29, 0.717) is 5.41 Å². The molecule has 1 saturated carbocycles. The summed E-state index contributed by atoms with van der Waals surface area (Å²) in [4.78, 5) is 10.9. The van der Waals surface area contributed by atoms with Crippen molar-refractivity contribution in [3.63, 3.8) is 0 Å². The molecule has 0 atom stereocenters. The molecule has 3 heteroatoms. The third-order valence-corrected chi connectivity index (χ3v) is 3.23. The molecule has 0 amide bonds. The molecule has 2 aliphatic rings. The van der Waals surface area contributed by atoms with Crippen LogP contribution in [0.5, 0.6) is 0 Å². The van der Waals surface area contributed by atoms with Gasteiger partial charge in [-0.15, -0.1) is 0 Å². The second-order valence-electron chi connectivity index (χ2n) is 4.22. The number of hydrogen-bond acceptors (Lipinski definition) is 3. The normalized spacial score (nSPS) is 23.8. The Labute approximate surface area is 77.8 Å². The lowest BCUT2D eigenvalue weighted by Crippen LogP contribution is -2.22. The molecule has 2 fully saturated rings. The van der Waals surface area contributed by atoms with Gasteiger partial charge in [0, 0.05) is 25.5 Å². The first-order chi connectivity index (χ1) is 6.38. The van der Waals surface area contributed by atoms with Gasteiger partial charge < -0.3 is 4.90 Å². The van der Waals surface area contributed by atoms with Crippen molar-refractivity contribution >= 4 is 5.95 Å². The van der Waals surface area contributed by atoms with E-state index in [0.717, 1.165) is 12.5 Å². The molecule has 1 saturated heterocycles. The van der Waals surface area contributed by atoms with Crippen molar-refractivity contribution in [2.75, 3.05) is 18.0 Å². The number of rotatable bonds is 1. The molecule has 1 aliphatic heterocycles. The van der Waals surface area contributed by atoms with Gasteiger partial charge in [0.1, 0.15) is 0 Å². The molecule has 1 aliphatic carbocycles. The SMILES string of the molecule is c1cnc(N2CCC3(CC3)C2)nc1. The quantitative estimate of drug-likeness (QED) is 0.647. The van der Waals surface area contributed by atoms with E-state index in [9.17, 15) is 0 Å². The van der Waals surface area contributed by atoms with Crippen LogP contribution in [0.4, 0.5) is 5.95 Å². The van der Waals surface area contributed by atoms with Crippen molar-refractivity contribution in [3.05, 3.63) is 18.5 Å². The van der Waals surface area contributed by atoms with Gasteiger partial charge in [0.25, 0.3) is 0 Å². The summed E-state index contributed by atoms with van der Waals surface area (Å²) in [5.74, 6) is 0.909. The summed E-state index contributed by atoms with van der Waals surface area (Å²) in [7, 11) is 0. The van der Waals surface area contributed by atoms with Crippen LogP contribution in [0.15, 0.2) is 18.5 Å². The van der Waals surface area contributed by atoms with Gasteiger partial charge in [-0.3, -0.25) is 0 Å². The van der Waals surface area contributed by atoms with Gasteiger partial charge in [0.2, 0.25) is 5.95 Å². The maximum absolute atomic E-state index is 4.27. The molecule has 3 nitrogen and oxygen atoms in total. The number of nitrogens with zero attached hydrogens (tertiary/aromatic N) is 3. The fourth-order valence-corrected chi connectivity index (χ4v) is 2.15. The van der Waals surface area contributed by atoms with E-state index in [1.807, 2.05) is 18.5 Å². The van der Waals surface area contributed by atoms with Crippen LogP contribution in [0.2, 0.25) is 0 Å². The Hall–Kier alpha value is -1.12. The Morgan fingerprint density at radius 1 is 1.15 bits per heavy atom. The van der Waals surface area contributed by atoms with Gasteiger partial charge in [0.15, 0.2) is 0 Å². The predicted molar refractivity (Wildman–Crippen MR) is 50.5 cm³/mol. The minimum Gasteiger partial charge on any atom is -0.340 e. The van der Waals surface area contributed by atoms with Crippen molar-refractivity contribution < 1.29 is 0 Å². The zero-order chi connectivity index (χ0) is 8.73. The largest absolute Gasteiger partial charge is 0.340 e. The zero-order valence-electron chi connectivity index (χ0n) is 7.61. The van der Waals surface area contributed by atoms with Gasteiger partial charge in [-0.2, -0.15) is 0 Å². The fraction of sp³-hybridized carbons (Fsp3) is 0.600. The van der Waals surface area contributed by atoms with E-state index < -0.39 is 0 Å². The van der Waals surface area contributed by atoms with Crippen molar-refractivity contribution in [2.24, 2.45) is 5.41 Å². The summed E-state index contributed by atoms with van der Waals surface area (Å²) >= 11 is 0. The maximum Gasteiger partial charge on any atom is 0.225 e. The zero-order valence-corrected chi connectivity index (χ0v) is 7.61. The van der Waals surface area contributed by atoms with Crippen LogP contribution in [0.25, 0.3) is 0 Å². The number of hydrogen-bond donors (Lipinski definition) is 0. The third kappa shape index (κ3) is 1.19. The average molecular weight is 175 g/mol. The Morgan fingerprint density at radius 3 is 2.54 bits per heavy atom. The first kappa shape index (κ1) is 7.30. The van der Waals surface area contributed by atoms with Crippen LogP contribution in [-0.4, -0.2) is 23.1 Å². The van der Waals surface area contributed by atoms with Crippen molar-refractivity contribution in [3.8, 4) is 0 Å². The molecule has 0 aromatic carbocycles. The molecular weight excluding hydrogens is 162 g/mol. The van der Waals surface area contributed by atoms with E-state index in [1.165, 1.54) is 25.8 Å². The lowest BCUT2D eigenvalue weighted by molar-refractivity contribution is 0.580. The minimum absolute atomic E-state index is 0.666. The van der Waals surface area contributed by atoms with Gasteiger partial charge in [-0.05, 0) is 30.7 Å².